The molecule has 0 saturated heterocycles. The minimum Gasteiger partial charge on any atom is -0.438 e. The second-order valence-electron chi connectivity index (χ2n) is 8.04. The highest BCUT2D eigenvalue weighted by atomic mass is 16.5. The fraction of sp³-hybridized carbons (Fsp3) is 0.0714. The largest absolute Gasteiger partial charge is 0.438 e. The molecule has 5 aromatic rings. The highest BCUT2D eigenvalue weighted by Crippen LogP contribution is 2.23. The molecule has 0 atom stereocenters. The van der Waals surface area contributed by atoms with E-state index in [1.54, 1.807) is 36.7 Å². The van der Waals surface area contributed by atoms with Gasteiger partial charge in [0, 0.05) is 23.0 Å². The second kappa shape index (κ2) is 9.61. The third kappa shape index (κ3) is 4.94. The SMILES string of the molecule is Cc1ncn(-c2ccc(Oc3ccc(NC(=O)c4ccc(-c5ccccc5)cc4)cc3)nn2)c1C. The van der Waals surface area contributed by atoms with Gasteiger partial charge in [-0.1, -0.05) is 42.5 Å². The van der Waals surface area contributed by atoms with Crippen LogP contribution in [0.25, 0.3) is 16.9 Å². The van der Waals surface area contributed by atoms with Gasteiger partial charge in [0.1, 0.15) is 12.1 Å². The second-order valence-corrected chi connectivity index (χ2v) is 8.04. The third-order valence-electron chi connectivity index (χ3n) is 5.71. The van der Waals surface area contributed by atoms with Crippen LogP contribution < -0.4 is 10.1 Å². The molecule has 0 aliphatic carbocycles. The summed E-state index contributed by atoms with van der Waals surface area (Å²) in [5.41, 5.74) is 5.39. The van der Waals surface area contributed by atoms with Gasteiger partial charge < -0.3 is 10.1 Å². The first-order chi connectivity index (χ1) is 17.1. The number of aromatic nitrogens is 4. The summed E-state index contributed by atoms with van der Waals surface area (Å²) in [6, 6.07) is 28.3. The molecule has 5 rings (SSSR count). The molecule has 1 amide bonds. The number of imidazole rings is 1. The molecule has 3 aromatic carbocycles. The van der Waals surface area contributed by atoms with E-state index in [2.05, 4.69) is 20.5 Å². The molecule has 0 unspecified atom stereocenters. The van der Waals surface area contributed by atoms with Crippen LogP contribution in [0.15, 0.2) is 97.3 Å². The Morgan fingerprint density at radius 3 is 2.14 bits per heavy atom. The van der Waals surface area contributed by atoms with Crippen molar-refractivity contribution in [1.29, 1.82) is 0 Å². The standard InChI is InChI=1S/C28H23N5O2/c1-19-20(2)33(18-29-19)26-16-17-27(32-31-26)35-25-14-12-24(13-15-25)30-28(34)23-10-8-22(9-11-23)21-6-4-3-5-7-21/h3-18H,1-2H3,(H,30,34). The number of nitrogens with one attached hydrogen (secondary N) is 1. The summed E-state index contributed by atoms with van der Waals surface area (Å²) >= 11 is 0. The van der Waals surface area contributed by atoms with E-state index in [9.17, 15) is 4.79 Å². The zero-order valence-electron chi connectivity index (χ0n) is 19.3. The number of nitrogens with zero attached hydrogens (tertiary/aromatic N) is 4. The molecule has 172 valence electrons. The molecular weight excluding hydrogens is 438 g/mol. The van der Waals surface area contributed by atoms with Crippen LogP contribution in [-0.4, -0.2) is 25.7 Å². The topological polar surface area (TPSA) is 81.9 Å². The van der Waals surface area contributed by atoms with Crippen LogP contribution in [0.3, 0.4) is 0 Å². The smallest absolute Gasteiger partial charge is 0.255 e. The molecule has 7 heteroatoms. The number of hydrogen-bond donors (Lipinski definition) is 1. The molecule has 1 N–H and O–H groups in total. The summed E-state index contributed by atoms with van der Waals surface area (Å²) in [5, 5.41) is 11.3. The van der Waals surface area contributed by atoms with Gasteiger partial charge in [0.15, 0.2) is 5.82 Å². The van der Waals surface area contributed by atoms with E-state index in [0.29, 0.717) is 28.7 Å². The highest BCUT2D eigenvalue weighted by molar-refractivity contribution is 6.04. The molecule has 0 aliphatic heterocycles. The lowest BCUT2D eigenvalue weighted by Gasteiger charge is -2.09. The first kappa shape index (κ1) is 22.0. The third-order valence-corrected chi connectivity index (χ3v) is 5.71. The van der Waals surface area contributed by atoms with Gasteiger partial charge in [-0.2, -0.15) is 0 Å². The maximum Gasteiger partial charge on any atom is 0.255 e. The molecule has 0 fully saturated rings. The molecule has 35 heavy (non-hydrogen) atoms. The van der Waals surface area contributed by atoms with Crippen molar-refractivity contribution in [3.05, 3.63) is 114 Å². The molecule has 0 aliphatic rings. The van der Waals surface area contributed by atoms with Crippen molar-refractivity contribution in [2.24, 2.45) is 0 Å². The lowest BCUT2D eigenvalue weighted by Crippen LogP contribution is -2.11. The molecule has 0 radical (unpaired) electrons. The van der Waals surface area contributed by atoms with Gasteiger partial charge in [-0.25, -0.2) is 4.98 Å². The Hall–Kier alpha value is -4.78. The number of hydrogen-bond acceptors (Lipinski definition) is 5. The predicted molar refractivity (Wildman–Crippen MR) is 135 cm³/mol. The van der Waals surface area contributed by atoms with Gasteiger partial charge in [0.2, 0.25) is 5.88 Å². The van der Waals surface area contributed by atoms with Crippen LogP contribution in [0.1, 0.15) is 21.7 Å². The van der Waals surface area contributed by atoms with Crippen molar-refractivity contribution in [2.45, 2.75) is 13.8 Å². The molecule has 2 aromatic heterocycles. The summed E-state index contributed by atoms with van der Waals surface area (Å²) in [6.07, 6.45) is 1.72. The zero-order valence-corrected chi connectivity index (χ0v) is 19.3. The quantitative estimate of drug-likeness (QED) is 0.336. The Morgan fingerprint density at radius 1 is 0.800 bits per heavy atom. The maximum absolute atomic E-state index is 12.6. The summed E-state index contributed by atoms with van der Waals surface area (Å²) in [4.78, 5) is 16.9. The Bertz CT molecular complexity index is 1440. The number of aryl methyl sites for hydroxylation is 1. The summed E-state index contributed by atoms with van der Waals surface area (Å²) in [5.74, 6) is 1.46. The molecule has 0 saturated carbocycles. The monoisotopic (exact) mass is 461 g/mol. The highest BCUT2D eigenvalue weighted by Gasteiger charge is 2.09. The van der Waals surface area contributed by atoms with E-state index in [1.165, 1.54) is 0 Å². The molecule has 2 heterocycles. The lowest BCUT2D eigenvalue weighted by atomic mass is 10.0. The Morgan fingerprint density at radius 2 is 1.51 bits per heavy atom. The first-order valence-electron chi connectivity index (χ1n) is 11.2. The van der Waals surface area contributed by atoms with E-state index in [-0.39, 0.29) is 5.91 Å². The minimum atomic E-state index is -0.176. The Balaban J connectivity index is 1.20. The predicted octanol–water partition coefficient (Wildman–Crippen LogP) is 5.99. The normalized spacial score (nSPS) is 10.7. The van der Waals surface area contributed by atoms with Gasteiger partial charge in [-0.05, 0) is 67.4 Å². The summed E-state index contributed by atoms with van der Waals surface area (Å²) < 4.78 is 7.67. The number of benzene rings is 3. The van der Waals surface area contributed by atoms with Crippen molar-refractivity contribution < 1.29 is 9.53 Å². The van der Waals surface area contributed by atoms with Crippen molar-refractivity contribution in [1.82, 2.24) is 19.7 Å². The van der Waals surface area contributed by atoms with Crippen LogP contribution in [0.4, 0.5) is 5.69 Å². The maximum atomic E-state index is 12.6. The fourth-order valence-electron chi connectivity index (χ4n) is 3.60. The van der Waals surface area contributed by atoms with Crippen molar-refractivity contribution in [2.75, 3.05) is 5.32 Å². The molecule has 7 nitrogen and oxygen atoms in total. The van der Waals surface area contributed by atoms with Crippen molar-refractivity contribution in [3.8, 4) is 28.6 Å². The van der Waals surface area contributed by atoms with Crippen LogP contribution in [-0.2, 0) is 0 Å². The van der Waals surface area contributed by atoms with E-state index >= 15 is 0 Å². The van der Waals surface area contributed by atoms with E-state index in [1.807, 2.05) is 79.1 Å². The molecule has 0 spiro atoms. The van der Waals surface area contributed by atoms with Crippen LogP contribution in [0.5, 0.6) is 11.6 Å². The van der Waals surface area contributed by atoms with Crippen LogP contribution >= 0.6 is 0 Å². The average Bonchev–Trinajstić information content (AvgIpc) is 3.24. The van der Waals surface area contributed by atoms with Gasteiger partial charge in [0.25, 0.3) is 5.91 Å². The Kier molecular flexibility index (Phi) is 6.05. The van der Waals surface area contributed by atoms with E-state index < -0.39 is 0 Å². The van der Waals surface area contributed by atoms with Gasteiger partial charge in [-0.3, -0.25) is 9.36 Å². The number of rotatable bonds is 6. The van der Waals surface area contributed by atoms with E-state index in [4.69, 9.17) is 4.74 Å². The molecule has 0 bridgehead atoms. The fourth-order valence-corrected chi connectivity index (χ4v) is 3.60. The van der Waals surface area contributed by atoms with Crippen LogP contribution in [0, 0.1) is 13.8 Å². The van der Waals surface area contributed by atoms with Crippen LogP contribution in [0.2, 0.25) is 0 Å². The van der Waals surface area contributed by atoms with Gasteiger partial charge in [0.05, 0.1) is 5.69 Å². The minimum absolute atomic E-state index is 0.176. The number of anilines is 1. The number of carbonyl (C=O) groups is 1. The number of amides is 1. The van der Waals surface area contributed by atoms with Crippen molar-refractivity contribution >= 4 is 11.6 Å². The lowest BCUT2D eigenvalue weighted by molar-refractivity contribution is 0.102. The van der Waals surface area contributed by atoms with E-state index in [0.717, 1.165) is 22.5 Å². The van der Waals surface area contributed by atoms with Gasteiger partial charge >= 0.3 is 0 Å². The average molecular weight is 462 g/mol. The van der Waals surface area contributed by atoms with Gasteiger partial charge in [-0.15, -0.1) is 10.2 Å². The summed E-state index contributed by atoms with van der Waals surface area (Å²) in [6.45, 7) is 3.93. The molecular formula is C28H23N5O2. The number of carbonyl (C=O) groups excluding carboxylic acids is 1. The number of ether oxygens (including phenoxy) is 1. The summed E-state index contributed by atoms with van der Waals surface area (Å²) in [7, 11) is 0. The van der Waals surface area contributed by atoms with Crippen molar-refractivity contribution in [3.63, 3.8) is 0 Å². The zero-order chi connectivity index (χ0) is 24.2. The Labute approximate surface area is 203 Å². The first-order valence-corrected chi connectivity index (χ1v) is 11.2.